The lowest BCUT2D eigenvalue weighted by Crippen LogP contribution is -1.99. The standard InChI is InChI=1S/C14H13N5O2/c1-20-12-7-11(16-9-17-12)14-18-13(21-19-14)8-15-10-5-3-2-4-6-10/h2-7,9,15H,8H2,1H3. The number of para-hydroxylation sites is 1. The number of rotatable bonds is 5. The van der Waals surface area contributed by atoms with Gasteiger partial charge in [-0.25, -0.2) is 9.97 Å². The topological polar surface area (TPSA) is 86.0 Å². The Balaban J connectivity index is 1.71. The van der Waals surface area contributed by atoms with Crippen molar-refractivity contribution in [3.8, 4) is 17.4 Å². The van der Waals surface area contributed by atoms with Crippen molar-refractivity contribution >= 4 is 5.69 Å². The maximum Gasteiger partial charge on any atom is 0.246 e. The fourth-order valence-electron chi connectivity index (χ4n) is 1.74. The molecule has 0 amide bonds. The van der Waals surface area contributed by atoms with Gasteiger partial charge in [-0.15, -0.1) is 0 Å². The quantitative estimate of drug-likeness (QED) is 0.767. The summed E-state index contributed by atoms with van der Waals surface area (Å²) in [4.78, 5) is 12.3. The first kappa shape index (κ1) is 13.0. The molecule has 0 atom stereocenters. The molecule has 106 valence electrons. The van der Waals surface area contributed by atoms with Crippen molar-refractivity contribution < 1.29 is 9.26 Å². The maximum atomic E-state index is 5.19. The van der Waals surface area contributed by atoms with Crippen LogP contribution in [0.15, 0.2) is 47.2 Å². The minimum Gasteiger partial charge on any atom is -0.481 e. The number of aromatic nitrogens is 4. The maximum absolute atomic E-state index is 5.19. The van der Waals surface area contributed by atoms with E-state index in [4.69, 9.17) is 9.26 Å². The molecule has 2 heterocycles. The van der Waals surface area contributed by atoms with Gasteiger partial charge in [-0.05, 0) is 12.1 Å². The third kappa shape index (κ3) is 3.14. The first-order chi connectivity index (χ1) is 10.3. The number of ether oxygens (including phenoxy) is 1. The van der Waals surface area contributed by atoms with Gasteiger partial charge in [-0.1, -0.05) is 23.4 Å². The zero-order valence-electron chi connectivity index (χ0n) is 11.4. The van der Waals surface area contributed by atoms with Crippen LogP contribution in [0.5, 0.6) is 5.88 Å². The van der Waals surface area contributed by atoms with Crippen molar-refractivity contribution in [1.82, 2.24) is 20.1 Å². The minimum absolute atomic E-state index is 0.403. The molecule has 0 spiro atoms. The summed E-state index contributed by atoms with van der Waals surface area (Å²) in [5.41, 5.74) is 1.54. The van der Waals surface area contributed by atoms with Crippen LogP contribution in [0.25, 0.3) is 11.5 Å². The van der Waals surface area contributed by atoms with E-state index in [1.54, 1.807) is 6.07 Å². The van der Waals surface area contributed by atoms with Gasteiger partial charge in [0.15, 0.2) is 0 Å². The minimum atomic E-state index is 0.403. The number of hydrogen-bond acceptors (Lipinski definition) is 7. The zero-order valence-corrected chi connectivity index (χ0v) is 11.4. The molecule has 0 saturated carbocycles. The molecule has 3 rings (SSSR count). The van der Waals surface area contributed by atoms with E-state index in [1.165, 1.54) is 13.4 Å². The van der Waals surface area contributed by atoms with Gasteiger partial charge in [-0.2, -0.15) is 4.98 Å². The predicted molar refractivity (Wildman–Crippen MR) is 75.6 cm³/mol. The number of nitrogens with zero attached hydrogens (tertiary/aromatic N) is 4. The average Bonchev–Trinajstić information content (AvgIpc) is 3.03. The van der Waals surface area contributed by atoms with Crippen LogP contribution >= 0.6 is 0 Å². The third-order valence-corrected chi connectivity index (χ3v) is 2.77. The fraction of sp³-hybridized carbons (Fsp3) is 0.143. The molecule has 0 aliphatic rings. The summed E-state index contributed by atoms with van der Waals surface area (Å²) in [7, 11) is 1.54. The Morgan fingerprint density at radius 3 is 2.86 bits per heavy atom. The van der Waals surface area contributed by atoms with E-state index >= 15 is 0 Å². The number of nitrogens with one attached hydrogen (secondary N) is 1. The van der Waals surface area contributed by atoms with Crippen LogP contribution in [-0.2, 0) is 6.54 Å². The molecule has 0 aliphatic heterocycles. The Morgan fingerprint density at radius 2 is 2.05 bits per heavy atom. The van der Waals surface area contributed by atoms with Gasteiger partial charge >= 0.3 is 0 Å². The van der Waals surface area contributed by atoms with Crippen LogP contribution in [0.4, 0.5) is 5.69 Å². The predicted octanol–water partition coefficient (Wildman–Crippen LogP) is 2.15. The van der Waals surface area contributed by atoms with Crippen molar-refractivity contribution in [2.75, 3.05) is 12.4 Å². The van der Waals surface area contributed by atoms with Crippen LogP contribution in [-0.4, -0.2) is 27.2 Å². The second-order valence-electron chi connectivity index (χ2n) is 4.18. The molecule has 0 radical (unpaired) electrons. The van der Waals surface area contributed by atoms with E-state index in [1.807, 2.05) is 30.3 Å². The molecule has 7 heteroatoms. The zero-order chi connectivity index (χ0) is 14.5. The highest BCUT2D eigenvalue weighted by molar-refractivity contribution is 5.49. The van der Waals surface area contributed by atoms with Crippen molar-refractivity contribution in [2.24, 2.45) is 0 Å². The first-order valence-electron chi connectivity index (χ1n) is 6.33. The number of hydrogen-bond donors (Lipinski definition) is 1. The average molecular weight is 283 g/mol. The summed E-state index contributed by atoms with van der Waals surface area (Å²) in [5.74, 6) is 1.33. The molecule has 0 bridgehead atoms. The summed E-state index contributed by atoms with van der Waals surface area (Å²) in [6, 6.07) is 11.4. The Labute approximate surface area is 121 Å². The van der Waals surface area contributed by atoms with E-state index in [0.717, 1.165) is 5.69 Å². The van der Waals surface area contributed by atoms with Crippen molar-refractivity contribution in [3.05, 3.63) is 48.6 Å². The lowest BCUT2D eigenvalue weighted by Gasteiger charge is -2.01. The Morgan fingerprint density at radius 1 is 1.19 bits per heavy atom. The fourth-order valence-corrected chi connectivity index (χ4v) is 1.74. The molecule has 7 nitrogen and oxygen atoms in total. The molecule has 1 aromatic carbocycles. The van der Waals surface area contributed by atoms with Crippen LogP contribution < -0.4 is 10.1 Å². The lowest BCUT2D eigenvalue weighted by atomic mass is 10.3. The van der Waals surface area contributed by atoms with Crippen LogP contribution in [0, 0.1) is 0 Å². The SMILES string of the molecule is COc1cc(-c2noc(CNc3ccccc3)n2)ncn1. The summed E-state index contributed by atoms with van der Waals surface area (Å²) >= 11 is 0. The Kier molecular flexibility index (Phi) is 3.72. The van der Waals surface area contributed by atoms with E-state index in [-0.39, 0.29) is 0 Å². The van der Waals surface area contributed by atoms with Gasteiger partial charge < -0.3 is 14.6 Å². The van der Waals surface area contributed by atoms with E-state index in [0.29, 0.717) is 29.8 Å². The van der Waals surface area contributed by atoms with Crippen molar-refractivity contribution in [3.63, 3.8) is 0 Å². The third-order valence-electron chi connectivity index (χ3n) is 2.77. The van der Waals surface area contributed by atoms with E-state index in [9.17, 15) is 0 Å². The number of anilines is 1. The van der Waals surface area contributed by atoms with Crippen LogP contribution in [0.2, 0.25) is 0 Å². The summed E-state index contributed by atoms with van der Waals surface area (Å²) in [6.07, 6.45) is 1.40. The van der Waals surface area contributed by atoms with Crippen molar-refractivity contribution in [2.45, 2.75) is 6.54 Å². The number of benzene rings is 1. The first-order valence-corrected chi connectivity index (χ1v) is 6.33. The molecule has 0 unspecified atom stereocenters. The van der Waals surface area contributed by atoms with E-state index < -0.39 is 0 Å². The molecule has 3 aromatic rings. The molecule has 0 aliphatic carbocycles. The van der Waals surface area contributed by atoms with Gasteiger partial charge in [0.25, 0.3) is 0 Å². The van der Waals surface area contributed by atoms with Crippen LogP contribution in [0.3, 0.4) is 0 Å². The van der Waals surface area contributed by atoms with Gasteiger partial charge in [0.1, 0.15) is 12.0 Å². The molecule has 1 N–H and O–H groups in total. The van der Waals surface area contributed by atoms with E-state index in [2.05, 4.69) is 25.4 Å². The molecule has 0 fully saturated rings. The van der Waals surface area contributed by atoms with Gasteiger partial charge in [0.2, 0.25) is 17.6 Å². The summed E-state index contributed by atoms with van der Waals surface area (Å²) in [6.45, 7) is 0.444. The summed E-state index contributed by atoms with van der Waals surface area (Å²) < 4.78 is 10.2. The monoisotopic (exact) mass is 283 g/mol. The highest BCUT2D eigenvalue weighted by atomic mass is 16.5. The van der Waals surface area contributed by atoms with Crippen molar-refractivity contribution in [1.29, 1.82) is 0 Å². The molecule has 21 heavy (non-hydrogen) atoms. The second kappa shape index (κ2) is 6.00. The lowest BCUT2D eigenvalue weighted by molar-refractivity contribution is 0.383. The van der Waals surface area contributed by atoms with Gasteiger partial charge in [0.05, 0.1) is 13.7 Å². The normalized spacial score (nSPS) is 10.3. The largest absolute Gasteiger partial charge is 0.481 e. The smallest absolute Gasteiger partial charge is 0.246 e. The van der Waals surface area contributed by atoms with Gasteiger partial charge in [-0.3, -0.25) is 0 Å². The summed E-state index contributed by atoms with van der Waals surface area (Å²) in [5, 5.41) is 7.10. The highest BCUT2D eigenvalue weighted by Gasteiger charge is 2.10. The second-order valence-corrected chi connectivity index (χ2v) is 4.18. The molecular weight excluding hydrogens is 270 g/mol. The molecule has 0 saturated heterocycles. The Bertz CT molecular complexity index is 714. The Hall–Kier alpha value is -2.96. The van der Waals surface area contributed by atoms with Gasteiger partial charge in [0, 0.05) is 11.8 Å². The number of methoxy groups -OCH3 is 1. The molecule has 2 aromatic heterocycles. The van der Waals surface area contributed by atoms with Crippen LogP contribution in [0.1, 0.15) is 5.89 Å². The highest BCUT2D eigenvalue weighted by Crippen LogP contribution is 2.17. The molecular formula is C14H13N5O2.